The van der Waals surface area contributed by atoms with Crippen molar-refractivity contribution in [3.8, 4) is 0 Å². The second-order valence-electron chi connectivity index (χ2n) is 3.56. The summed E-state index contributed by atoms with van der Waals surface area (Å²) >= 11 is 5.20. The SMILES string of the molecule is CCCn1nnnc1CSc1cccc(Br)c1. The van der Waals surface area contributed by atoms with E-state index in [0.717, 1.165) is 29.0 Å². The fraction of sp³-hybridized carbons (Fsp3) is 0.364. The van der Waals surface area contributed by atoms with Crippen molar-refractivity contribution in [3.05, 3.63) is 34.6 Å². The van der Waals surface area contributed by atoms with Gasteiger partial charge in [-0.15, -0.1) is 16.9 Å². The molecule has 2 aromatic rings. The van der Waals surface area contributed by atoms with Gasteiger partial charge < -0.3 is 0 Å². The molecule has 2 rings (SSSR count). The van der Waals surface area contributed by atoms with E-state index in [1.54, 1.807) is 11.8 Å². The van der Waals surface area contributed by atoms with Crippen molar-refractivity contribution in [3.63, 3.8) is 0 Å². The molecule has 6 heteroatoms. The minimum Gasteiger partial charge on any atom is -0.229 e. The van der Waals surface area contributed by atoms with Gasteiger partial charge in [0, 0.05) is 15.9 Å². The van der Waals surface area contributed by atoms with E-state index in [1.165, 1.54) is 4.90 Å². The van der Waals surface area contributed by atoms with Crippen LogP contribution in [0.1, 0.15) is 19.2 Å². The van der Waals surface area contributed by atoms with Crippen LogP contribution in [0.15, 0.2) is 33.6 Å². The molecular formula is C11H13BrN4S. The Morgan fingerprint density at radius 3 is 3.06 bits per heavy atom. The van der Waals surface area contributed by atoms with Crippen molar-refractivity contribution < 1.29 is 0 Å². The summed E-state index contributed by atoms with van der Waals surface area (Å²) in [6.07, 6.45) is 1.04. The summed E-state index contributed by atoms with van der Waals surface area (Å²) in [5, 5.41) is 11.7. The Labute approximate surface area is 113 Å². The molecule has 0 bridgehead atoms. The topological polar surface area (TPSA) is 43.6 Å². The van der Waals surface area contributed by atoms with Crippen LogP contribution in [-0.2, 0) is 12.3 Å². The van der Waals surface area contributed by atoms with Crippen LogP contribution in [0.25, 0.3) is 0 Å². The van der Waals surface area contributed by atoms with E-state index >= 15 is 0 Å². The second-order valence-corrected chi connectivity index (χ2v) is 5.53. The minimum atomic E-state index is 0.795. The number of aryl methyl sites for hydroxylation is 1. The van der Waals surface area contributed by atoms with Gasteiger partial charge in [-0.1, -0.05) is 28.9 Å². The van der Waals surface area contributed by atoms with E-state index in [-0.39, 0.29) is 0 Å². The van der Waals surface area contributed by atoms with E-state index in [9.17, 15) is 0 Å². The highest BCUT2D eigenvalue weighted by molar-refractivity contribution is 9.10. The number of hydrogen-bond acceptors (Lipinski definition) is 4. The van der Waals surface area contributed by atoms with E-state index in [1.807, 2.05) is 16.8 Å². The summed E-state index contributed by atoms with van der Waals surface area (Å²) in [7, 11) is 0. The van der Waals surface area contributed by atoms with Gasteiger partial charge in [0.25, 0.3) is 0 Å². The number of hydrogen-bond donors (Lipinski definition) is 0. The lowest BCUT2D eigenvalue weighted by Crippen LogP contribution is -2.04. The van der Waals surface area contributed by atoms with Gasteiger partial charge >= 0.3 is 0 Å². The van der Waals surface area contributed by atoms with Gasteiger partial charge in [0.1, 0.15) is 0 Å². The highest BCUT2D eigenvalue weighted by Crippen LogP contribution is 2.24. The van der Waals surface area contributed by atoms with Crippen LogP contribution in [0.2, 0.25) is 0 Å². The molecule has 0 N–H and O–H groups in total. The number of nitrogens with zero attached hydrogens (tertiary/aromatic N) is 4. The summed E-state index contributed by atoms with van der Waals surface area (Å²) in [5.41, 5.74) is 0. The number of benzene rings is 1. The van der Waals surface area contributed by atoms with Crippen molar-refractivity contribution in [2.75, 3.05) is 0 Å². The van der Waals surface area contributed by atoms with Crippen LogP contribution in [0.5, 0.6) is 0 Å². The molecule has 0 spiro atoms. The van der Waals surface area contributed by atoms with Crippen LogP contribution < -0.4 is 0 Å². The molecular weight excluding hydrogens is 300 g/mol. The predicted octanol–water partition coefficient (Wildman–Crippen LogP) is 3.14. The van der Waals surface area contributed by atoms with Crippen LogP contribution in [0.4, 0.5) is 0 Å². The maximum atomic E-state index is 4.04. The highest BCUT2D eigenvalue weighted by atomic mass is 79.9. The standard InChI is InChI=1S/C11H13BrN4S/c1-2-6-16-11(13-14-15-16)8-17-10-5-3-4-9(12)7-10/h3-5,7H,2,6,8H2,1H3. The molecule has 90 valence electrons. The summed E-state index contributed by atoms with van der Waals surface area (Å²) in [6.45, 7) is 2.99. The lowest BCUT2D eigenvalue weighted by molar-refractivity contribution is 0.564. The normalized spacial score (nSPS) is 10.7. The third-order valence-electron chi connectivity index (χ3n) is 2.21. The maximum Gasteiger partial charge on any atom is 0.161 e. The third kappa shape index (κ3) is 3.54. The zero-order chi connectivity index (χ0) is 12.1. The Hall–Kier alpha value is -0.880. The molecule has 0 aliphatic heterocycles. The predicted molar refractivity (Wildman–Crippen MR) is 71.8 cm³/mol. The van der Waals surface area contributed by atoms with Crippen LogP contribution >= 0.6 is 27.7 Å². The first kappa shape index (κ1) is 12.6. The Bertz CT molecular complexity index is 486. The van der Waals surface area contributed by atoms with Crippen molar-refractivity contribution in [1.29, 1.82) is 0 Å². The van der Waals surface area contributed by atoms with E-state index in [4.69, 9.17) is 0 Å². The molecule has 4 nitrogen and oxygen atoms in total. The van der Waals surface area contributed by atoms with Crippen molar-refractivity contribution in [2.45, 2.75) is 30.5 Å². The van der Waals surface area contributed by atoms with E-state index < -0.39 is 0 Å². The van der Waals surface area contributed by atoms with Gasteiger partial charge in [-0.25, -0.2) is 4.68 Å². The zero-order valence-electron chi connectivity index (χ0n) is 9.51. The first-order valence-electron chi connectivity index (χ1n) is 5.43. The first-order valence-corrected chi connectivity index (χ1v) is 7.21. The van der Waals surface area contributed by atoms with E-state index in [2.05, 4.69) is 50.5 Å². The Morgan fingerprint density at radius 2 is 2.29 bits per heavy atom. The molecule has 0 saturated carbocycles. The smallest absolute Gasteiger partial charge is 0.161 e. The average molecular weight is 313 g/mol. The van der Waals surface area contributed by atoms with E-state index in [0.29, 0.717) is 0 Å². The molecule has 0 radical (unpaired) electrons. The summed E-state index contributed by atoms with van der Waals surface area (Å²) < 4.78 is 2.96. The molecule has 0 unspecified atom stereocenters. The molecule has 0 aliphatic rings. The quantitative estimate of drug-likeness (QED) is 0.796. The van der Waals surface area contributed by atoms with Crippen molar-refractivity contribution >= 4 is 27.7 Å². The molecule has 1 aromatic heterocycles. The van der Waals surface area contributed by atoms with Gasteiger partial charge in [-0.3, -0.25) is 0 Å². The number of aromatic nitrogens is 4. The molecule has 0 aliphatic carbocycles. The molecule has 1 aromatic carbocycles. The second kappa shape index (κ2) is 6.16. The Morgan fingerprint density at radius 1 is 1.41 bits per heavy atom. The summed E-state index contributed by atoms with van der Waals surface area (Å²) in [6, 6.07) is 8.23. The van der Waals surface area contributed by atoms with Gasteiger partial charge in [-0.2, -0.15) is 0 Å². The Kier molecular flexibility index (Phi) is 4.56. The largest absolute Gasteiger partial charge is 0.229 e. The molecule has 17 heavy (non-hydrogen) atoms. The number of rotatable bonds is 5. The van der Waals surface area contributed by atoms with Crippen molar-refractivity contribution in [2.24, 2.45) is 0 Å². The molecule has 0 fully saturated rings. The summed E-state index contributed by atoms with van der Waals surface area (Å²) in [4.78, 5) is 1.21. The fourth-order valence-electron chi connectivity index (χ4n) is 1.42. The molecule has 1 heterocycles. The first-order chi connectivity index (χ1) is 8.29. The molecule has 0 saturated heterocycles. The van der Waals surface area contributed by atoms with Crippen LogP contribution in [-0.4, -0.2) is 20.2 Å². The average Bonchev–Trinajstić information content (AvgIpc) is 2.75. The fourth-order valence-corrected chi connectivity index (χ4v) is 2.86. The van der Waals surface area contributed by atoms with Crippen molar-refractivity contribution in [1.82, 2.24) is 20.2 Å². The van der Waals surface area contributed by atoms with Crippen LogP contribution in [0, 0.1) is 0 Å². The lowest BCUT2D eigenvalue weighted by atomic mass is 10.4. The lowest BCUT2D eigenvalue weighted by Gasteiger charge is -2.03. The van der Waals surface area contributed by atoms with Crippen LogP contribution in [0.3, 0.4) is 0 Å². The van der Waals surface area contributed by atoms with Gasteiger partial charge in [0.2, 0.25) is 0 Å². The molecule has 0 amide bonds. The van der Waals surface area contributed by atoms with Gasteiger partial charge in [0.05, 0.1) is 5.75 Å². The monoisotopic (exact) mass is 312 g/mol. The van der Waals surface area contributed by atoms with Gasteiger partial charge in [-0.05, 0) is 35.0 Å². The number of tetrazole rings is 1. The molecule has 0 atom stereocenters. The minimum absolute atomic E-state index is 0.795. The third-order valence-corrected chi connectivity index (χ3v) is 3.69. The van der Waals surface area contributed by atoms with Gasteiger partial charge in [0.15, 0.2) is 5.82 Å². The number of thioether (sulfide) groups is 1. The highest BCUT2D eigenvalue weighted by Gasteiger charge is 2.05. The summed E-state index contributed by atoms with van der Waals surface area (Å²) in [5.74, 6) is 1.72. The maximum absolute atomic E-state index is 4.04. The Balaban J connectivity index is 1.99. The number of halogens is 1. The zero-order valence-corrected chi connectivity index (χ0v) is 11.9.